The predicted molar refractivity (Wildman–Crippen MR) is 117 cm³/mol. The van der Waals surface area contributed by atoms with Gasteiger partial charge in [-0.1, -0.05) is 35.5 Å². The average molecular weight is 429 g/mol. The lowest BCUT2D eigenvalue weighted by Gasteiger charge is -2.13. The topological polar surface area (TPSA) is 61.2 Å². The number of ketones is 1. The van der Waals surface area contributed by atoms with Gasteiger partial charge in [0, 0.05) is 18.0 Å². The Hall–Kier alpha value is -2.57. The van der Waals surface area contributed by atoms with Crippen molar-refractivity contribution in [3.05, 3.63) is 80.9 Å². The zero-order valence-electron chi connectivity index (χ0n) is 16.6. The summed E-state index contributed by atoms with van der Waals surface area (Å²) in [6, 6.07) is 10.7. The van der Waals surface area contributed by atoms with Gasteiger partial charge in [0.2, 0.25) is 0 Å². The van der Waals surface area contributed by atoms with Crippen molar-refractivity contribution in [2.75, 3.05) is 7.11 Å². The fourth-order valence-corrected chi connectivity index (χ4v) is 3.98. The number of thioether (sulfide) groups is 1. The van der Waals surface area contributed by atoms with Gasteiger partial charge in [-0.15, -0.1) is 0 Å². The third kappa shape index (κ3) is 4.54. The molecule has 3 rings (SSSR count). The molecule has 0 spiro atoms. The molecule has 7 heteroatoms. The second-order valence-electron chi connectivity index (χ2n) is 6.65. The summed E-state index contributed by atoms with van der Waals surface area (Å²) in [6.45, 7) is 5.76. The second kappa shape index (κ2) is 8.84. The minimum Gasteiger partial charge on any atom is -0.495 e. The molecule has 0 saturated carbocycles. The van der Waals surface area contributed by atoms with Crippen molar-refractivity contribution < 1.29 is 9.53 Å². The molecule has 0 N–H and O–H groups in total. The number of hydrogen-bond donors (Lipinski definition) is 0. The Balaban J connectivity index is 1.87. The van der Waals surface area contributed by atoms with E-state index in [0.29, 0.717) is 22.0 Å². The maximum absolute atomic E-state index is 12.9. The Bertz CT molecular complexity index is 1130. The minimum atomic E-state index is -0.451. The lowest BCUT2D eigenvalue weighted by atomic mass is 10.0. The molecule has 1 heterocycles. The van der Waals surface area contributed by atoms with Crippen molar-refractivity contribution in [1.29, 1.82) is 0 Å². The molecule has 0 fully saturated rings. The lowest BCUT2D eigenvalue weighted by Crippen LogP contribution is -2.23. The van der Waals surface area contributed by atoms with Gasteiger partial charge in [-0.05, 0) is 56.2 Å². The first kappa shape index (κ1) is 21.1. The maximum Gasteiger partial charge on any atom is 0.287 e. The van der Waals surface area contributed by atoms with E-state index >= 15 is 0 Å². The highest BCUT2D eigenvalue weighted by molar-refractivity contribution is 8.00. The van der Waals surface area contributed by atoms with Crippen LogP contribution in [0.3, 0.4) is 0 Å². The smallest absolute Gasteiger partial charge is 0.287 e. The van der Waals surface area contributed by atoms with Crippen LogP contribution in [0.25, 0.3) is 5.69 Å². The van der Waals surface area contributed by atoms with Crippen LogP contribution in [0.5, 0.6) is 5.75 Å². The van der Waals surface area contributed by atoms with Gasteiger partial charge in [0.1, 0.15) is 5.75 Å². The normalized spacial score (nSPS) is 11.9. The molecule has 5 nitrogen and oxygen atoms in total. The monoisotopic (exact) mass is 428 g/mol. The van der Waals surface area contributed by atoms with Crippen LogP contribution >= 0.6 is 23.4 Å². The number of rotatable bonds is 6. The van der Waals surface area contributed by atoms with Gasteiger partial charge in [0.25, 0.3) is 5.56 Å². The van der Waals surface area contributed by atoms with Crippen LogP contribution in [0.2, 0.25) is 5.02 Å². The van der Waals surface area contributed by atoms with Crippen LogP contribution < -0.4 is 10.3 Å². The molecule has 3 aromatic rings. The quantitative estimate of drug-likeness (QED) is 0.414. The van der Waals surface area contributed by atoms with E-state index in [0.717, 1.165) is 22.9 Å². The Morgan fingerprint density at radius 3 is 2.59 bits per heavy atom. The molecule has 0 bridgehead atoms. The van der Waals surface area contributed by atoms with E-state index in [1.165, 1.54) is 17.9 Å². The first-order valence-corrected chi connectivity index (χ1v) is 10.3. The summed E-state index contributed by atoms with van der Waals surface area (Å²) >= 11 is 7.34. The van der Waals surface area contributed by atoms with Gasteiger partial charge in [0.05, 0.1) is 23.1 Å². The van der Waals surface area contributed by atoms with Crippen molar-refractivity contribution in [2.45, 2.75) is 31.0 Å². The van der Waals surface area contributed by atoms with Gasteiger partial charge in [0.15, 0.2) is 10.8 Å². The molecule has 150 valence electrons. The van der Waals surface area contributed by atoms with Crippen LogP contribution in [-0.4, -0.2) is 27.7 Å². The van der Waals surface area contributed by atoms with Crippen LogP contribution in [-0.2, 0) is 0 Å². The Morgan fingerprint density at radius 1 is 1.17 bits per heavy atom. The van der Waals surface area contributed by atoms with Crippen molar-refractivity contribution >= 4 is 29.1 Å². The number of nitrogens with zero attached hydrogens (tertiary/aromatic N) is 2. The molecule has 0 unspecified atom stereocenters. The lowest BCUT2D eigenvalue weighted by molar-refractivity contribution is 0.0994. The predicted octanol–water partition coefficient (Wildman–Crippen LogP) is 4.87. The van der Waals surface area contributed by atoms with Gasteiger partial charge >= 0.3 is 0 Å². The van der Waals surface area contributed by atoms with E-state index < -0.39 is 5.25 Å². The number of hydrogen-bond acceptors (Lipinski definition) is 5. The SMILES string of the molecule is COc1ccc(-n2ccnc(S[C@@H](C)C(=O)c3ccc(C)c(C)c3)c2=O)cc1Cl. The van der Waals surface area contributed by atoms with Gasteiger partial charge < -0.3 is 4.74 Å². The fraction of sp³-hybridized carbons (Fsp3) is 0.227. The van der Waals surface area contributed by atoms with E-state index in [9.17, 15) is 9.59 Å². The number of aryl methyl sites for hydroxylation is 2. The number of aromatic nitrogens is 2. The third-order valence-corrected chi connectivity index (χ3v) is 6.04. The van der Waals surface area contributed by atoms with E-state index in [2.05, 4.69) is 4.98 Å². The molecule has 1 aromatic heterocycles. The molecule has 0 aliphatic rings. The van der Waals surface area contributed by atoms with Gasteiger partial charge in [-0.3, -0.25) is 14.2 Å². The zero-order chi connectivity index (χ0) is 21.1. The number of carbonyl (C=O) groups excluding carboxylic acids is 1. The number of ether oxygens (including phenoxy) is 1. The molecule has 2 aromatic carbocycles. The summed E-state index contributed by atoms with van der Waals surface area (Å²) in [5.41, 5.74) is 3.11. The first-order chi connectivity index (χ1) is 13.8. The average Bonchev–Trinajstić information content (AvgIpc) is 2.71. The summed E-state index contributed by atoms with van der Waals surface area (Å²) < 4.78 is 6.61. The van der Waals surface area contributed by atoms with Crippen LogP contribution in [0, 0.1) is 13.8 Å². The third-order valence-electron chi connectivity index (χ3n) is 4.67. The van der Waals surface area contributed by atoms with Crippen LogP contribution in [0.1, 0.15) is 28.4 Å². The number of Topliss-reactive ketones (excluding diaryl/α,β-unsaturated/α-hetero) is 1. The number of benzene rings is 2. The Labute approximate surface area is 178 Å². The molecule has 0 radical (unpaired) electrons. The molecule has 0 amide bonds. The highest BCUT2D eigenvalue weighted by Crippen LogP contribution is 2.27. The summed E-state index contributed by atoms with van der Waals surface area (Å²) in [5, 5.41) is 0.206. The maximum atomic E-state index is 12.9. The highest BCUT2D eigenvalue weighted by atomic mass is 35.5. The van der Waals surface area contributed by atoms with E-state index in [-0.39, 0.29) is 16.4 Å². The van der Waals surface area contributed by atoms with E-state index in [1.807, 2.05) is 32.0 Å². The molecule has 0 aliphatic heterocycles. The Kier molecular flexibility index (Phi) is 6.45. The molecule has 0 saturated heterocycles. The van der Waals surface area contributed by atoms with E-state index in [1.54, 1.807) is 31.3 Å². The Morgan fingerprint density at radius 2 is 1.93 bits per heavy atom. The molecule has 29 heavy (non-hydrogen) atoms. The van der Waals surface area contributed by atoms with Gasteiger partial charge in [-0.25, -0.2) is 4.98 Å². The molecular weight excluding hydrogens is 408 g/mol. The first-order valence-electron chi connectivity index (χ1n) is 9.01. The number of methoxy groups -OCH3 is 1. The summed E-state index contributed by atoms with van der Waals surface area (Å²) in [6.07, 6.45) is 3.11. The summed E-state index contributed by atoms with van der Waals surface area (Å²) in [5.74, 6) is 0.488. The fourth-order valence-electron chi connectivity index (χ4n) is 2.83. The summed E-state index contributed by atoms with van der Waals surface area (Å²) in [4.78, 5) is 29.9. The highest BCUT2D eigenvalue weighted by Gasteiger charge is 2.20. The van der Waals surface area contributed by atoms with E-state index in [4.69, 9.17) is 16.3 Å². The standard InChI is InChI=1S/C22H21ClN2O3S/c1-13-5-6-16(11-14(13)2)20(26)15(3)29-21-22(27)25(10-9-24-21)17-7-8-19(28-4)18(23)12-17/h5-12,15H,1-4H3/t15-/m0/s1. The molecular formula is C22H21ClN2O3S. The molecule has 0 aliphatic carbocycles. The van der Waals surface area contributed by atoms with Crippen molar-refractivity contribution in [3.63, 3.8) is 0 Å². The number of halogens is 1. The second-order valence-corrected chi connectivity index (χ2v) is 8.39. The number of carbonyl (C=O) groups is 1. The largest absolute Gasteiger partial charge is 0.495 e. The molecule has 1 atom stereocenters. The van der Waals surface area contributed by atoms with Gasteiger partial charge in [-0.2, -0.15) is 0 Å². The van der Waals surface area contributed by atoms with Crippen molar-refractivity contribution in [1.82, 2.24) is 9.55 Å². The summed E-state index contributed by atoms with van der Waals surface area (Å²) in [7, 11) is 1.53. The van der Waals surface area contributed by atoms with Crippen LogP contribution in [0.4, 0.5) is 0 Å². The zero-order valence-corrected chi connectivity index (χ0v) is 18.2. The van der Waals surface area contributed by atoms with Crippen LogP contribution in [0.15, 0.2) is 58.6 Å². The van der Waals surface area contributed by atoms with Crippen molar-refractivity contribution in [2.24, 2.45) is 0 Å². The van der Waals surface area contributed by atoms with Crippen molar-refractivity contribution in [3.8, 4) is 11.4 Å². The minimum absolute atomic E-state index is 0.0396.